The first-order chi connectivity index (χ1) is 13.3. The van der Waals surface area contributed by atoms with Gasteiger partial charge in [-0.05, 0) is 19.9 Å². The maximum absolute atomic E-state index is 13.5. The van der Waals surface area contributed by atoms with Crippen molar-refractivity contribution in [3.05, 3.63) is 34.1 Å². The minimum absolute atomic E-state index is 0.00966. The Labute approximate surface area is 167 Å². The second kappa shape index (κ2) is 7.03. The third-order valence-electron chi connectivity index (χ3n) is 4.85. The number of aromatic nitrogens is 2. The average molecular weight is 427 g/mol. The summed E-state index contributed by atoms with van der Waals surface area (Å²) in [5, 5.41) is 9.69. The number of ether oxygens (including phenoxy) is 2. The molecule has 150 valence electrons. The van der Waals surface area contributed by atoms with Crippen LogP contribution in [0.2, 0.25) is 5.02 Å². The van der Waals surface area contributed by atoms with Crippen molar-refractivity contribution in [2.24, 2.45) is 0 Å². The van der Waals surface area contributed by atoms with Gasteiger partial charge in [0.05, 0.1) is 35.7 Å². The lowest BCUT2D eigenvalue weighted by Gasteiger charge is -2.35. The number of halogens is 1. The van der Waals surface area contributed by atoms with E-state index in [-0.39, 0.29) is 47.9 Å². The van der Waals surface area contributed by atoms with E-state index in [1.54, 1.807) is 0 Å². The number of nitrogens with zero attached hydrogens (tertiary/aromatic N) is 2. The molecule has 0 spiro atoms. The summed E-state index contributed by atoms with van der Waals surface area (Å²) in [5.74, 6) is -0.0543. The average Bonchev–Trinajstić information content (AvgIpc) is 2.99. The number of hydrogen-bond acceptors (Lipinski definition) is 6. The van der Waals surface area contributed by atoms with Crippen molar-refractivity contribution in [3.8, 4) is 5.75 Å². The number of sulfonamides is 1. The number of rotatable bonds is 3. The number of hydrogen-bond donors (Lipinski definition) is 2. The molecule has 0 radical (unpaired) electrons. The molecule has 11 heteroatoms. The van der Waals surface area contributed by atoms with Crippen molar-refractivity contribution < 1.29 is 22.7 Å². The maximum Gasteiger partial charge on any atom is 0.262 e. The predicted octanol–water partition coefficient (Wildman–Crippen LogP) is 1.77. The number of morpholine rings is 1. The second-order valence-electron chi connectivity index (χ2n) is 6.67. The highest BCUT2D eigenvalue weighted by Crippen LogP contribution is 2.39. The van der Waals surface area contributed by atoms with Crippen LogP contribution in [0.5, 0.6) is 5.75 Å². The molecule has 1 fully saturated rings. The summed E-state index contributed by atoms with van der Waals surface area (Å²) in [4.78, 5) is 11.4. The summed E-state index contributed by atoms with van der Waals surface area (Å²) < 4.78 is 39.3. The van der Waals surface area contributed by atoms with Gasteiger partial charge in [0.2, 0.25) is 10.0 Å². The molecule has 9 nitrogen and oxygen atoms in total. The monoisotopic (exact) mass is 426 g/mol. The molecule has 2 aliphatic heterocycles. The number of nitrogens with one attached hydrogen (secondary N) is 2. The van der Waals surface area contributed by atoms with Gasteiger partial charge >= 0.3 is 0 Å². The van der Waals surface area contributed by atoms with Crippen LogP contribution < -0.4 is 10.1 Å². The lowest BCUT2D eigenvalue weighted by atomic mass is 10.1. The third kappa shape index (κ3) is 3.16. The Morgan fingerprint density at radius 1 is 1.32 bits per heavy atom. The normalized spacial score (nSPS) is 20.4. The van der Waals surface area contributed by atoms with Crippen LogP contribution in [-0.2, 0) is 19.6 Å². The minimum atomic E-state index is -3.96. The van der Waals surface area contributed by atoms with Crippen molar-refractivity contribution in [1.29, 1.82) is 0 Å². The number of fused-ring (bicyclic) bond motifs is 1. The van der Waals surface area contributed by atoms with Gasteiger partial charge in [-0.3, -0.25) is 9.89 Å². The zero-order valence-electron chi connectivity index (χ0n) is 15.3. The van der Waals surface area contributed by atoms with E-state index in [1.807, 2.05) is 13.8 Å². The van der Waals surface area contributed by atoms with Crippen molar-refractivity contribution in [2.75, 3.05) is 31.7 Å². The Kier molecular flexibility index (Phi) is 4.82. The van der Waals surface area contributed by atoms with Gasteiger partial charge < -0.3 is 14.8 Å². The Balaban J connectivity index is 1.78. The number of amides is 1. The lowest BCUT2D eigenvalue weighted by molar-refractivity contribution is -0.118. The van der Waals surface area contributed by atoms with Crippen LogP contribution in [0.15, 0.2) is 17.0 Å². The molecule has 1 amide bonds. The van der Waals surface area contributed by atoms with Crippen LogP contribution >= 0.6 is 11.6 Å². The van der Waals surface area contributed by atoms with Crippen molar-refractivity contribution in [3.63, 3.8) is 0 Å². The summed E-state index contributed by atoms with van der Waals surface area (Å²) in [5.41, 5.74) is 2.65. The first-order valence-electron chi connectivity index (χ1n) is 8.66. The van der Waals surface area contributed by atoms with Crippen LogP contribution in [0.1, 0.15) is 23.0 Å². The Morgan fingerprint density at radius 2 is 2.11 bits per heavy atom. The molecule has 1 aromatic carbocycles. The topological polar surface area (TPSA) is 114 Å². The summed E-state index contributed by atoms with van der Waals surface area (Å²) in [7, 11) is -3.96. The zero-order chi connectivity index (χ0) is 20.1. The number of carbonyl (C=O) groups excluding carboxylic acids is 1. The van der Waals surface area contributed by atoms with E-state index in [4.69, 9.17) is 21.1 Å². The van der Waals surface area contributed by atoms with Crippen LogP contribution in [-0.4, -0.2) is 55.2 Å². The van der Waals surface area contributed by atoms with Gasteiger partial charge in [-0.2, -0.15) is 9.40 Å². The van der Waals surface area contributed by atoms with Crippen molar-refractivity contribution in [2.45, 2.75) is 24.8 Å². The molecule has 1 saturated heterocycles. The standard InChI is InChI=1S/C17H19ClN4O5S/c1-9-17(10(2)21-20-9)13-7-26-4-3-22(13)28(24,25)15-6-14-12(5-11(15)18)19-16(23)8-27-14/h5-6,13H,3-4,7-8H2,1-2H3,(H,19,23)(H,20,21)/t13-/m0/s1. The number of anilines is 1. The van der Waals surface area contributed by atoms with Crippen LogP contribution in [0.3, 0.4) is 0 Å². The number of benzene rings is 1. The van der Waals surface area contributed by atoms with Gasteiger partial charge in [-0.15, -0.1) is 0 Å². The van der Waals surface area contributed by atoms with E-state index in [2.05, 4.69) is 15.5 Å². The van der Waals surface area contributed by atoms with E-state index < -0.39 is 16.1 Å². The lowest BCUT2D eigenvalue weighted by Crippen LogP contribution is -2.43. The van der Waals surface area contributed by atoms with E-state index >= 15 is 0 Å². The van der Waals surface area contributed by atoms with E-state index in [0.29, 0.717) is 5.69 Å². The SMILES string of the molecule is Cc1n[nH]c(C)c1[C@@H]1COCCN1S(=O)(=O)c1cc2c(cc1Cl)NC(=O)CO2. The Hall–Kier alpha value is -2.14. The molecule has 0 bridgehead atoms. The molecule has 1 aromatic heterocycles. The predicted molar refractivity (Wildman–Crippen MR) is 101 cm³/mol. The summed E-state index contributed by atoms with van der Waals surface area (Å²) in [6, 6.07) is 2.23. The van der Waals surface area contributed by atoms with E-state index in [1.165, 1.54) is 16.4 Å². The molecule has 0 aliphatic carbocycles. The first kappa shape index (κ1) is 19.2. The number of aryl methyl sites for hydroxylation is 2. The first-order valence-corrected chi connectivity index (χ1v) is 10.5. The summed E-state index contributed by atoms with van der Waals surface area (Å²) in [6.45, 7) is 4.16. The fourth-order valence-corrected chi connectivity index (χ4v) is 5.65. The number of aromatic amines is 1. The fourth-order valence-electron chi connectivity index (χ4n) is 3.56. The molecule has 3 heterocycles. The van der Waals surface area contributed by atoms with Gasteiger partial charge in [0, 0.05) is 23.9 Å². The molecule has 4 rings (SSSR count). The molecule has 2 N–H and O–H groups in total. The summed E-state index contributed by atoms with van der Waals surface area (Å²) in [6.07, 6.45) is 0. The van der Waals surface area contributed by atoms with Crippen molar-refractivity contribution in [1.82, 2.24) is 14.5 Å². The quantitative estimate of drug-likeness (QED) is 0.773. The largest absolute Gasteiger partial charge is 0.482 e. The highest BCUT2D eigenvalue weighted by molar-refractivity contribution is 7.89. The molecule has 2 aliphatic rings. The van der Waals surface area contributed by atoms with Gasteiger partial charge in [0.1, 0.15) is 10.6 Å². The van der Waals surface area contributed by atoms with Gasteiger partial charge in [-0.1, -0.05) is 11.6 Å². The maximum atomic E-state index is 13.5. The fraction of sp³-hybridized carbons (Fsp3) is 0.412. The molecule has 2 aromatic rings. The molecule has 28 heavy (non-hydrogen) atoms. The smallest absolute Gasteiger partial charge is 0.262 e. The highest BCUT2D eigenvalue weighted by atomic mass is 35.5. The van der Waals surface area contributed by atoms with Crippen LogP contribution in [0.25, 0.3) is 0 Å². The zero-order valence-corrected chi connectivity index (χ0v) is 16.9. The molecule has 0 unspecified atom stereocenters. The molecular weight excluding hydrogens is 408 g/mol. The molecule has 1 atom stereocenters. The van der Waals surface area contributed by atoms with Gasteiger partial charge in [0.15, 0.2) is 6.61 Å². The second-order valence-corrected chi connectivity index (χ2v) is 8.94. The molecular formula is C17H19ClN4O5S. The summed E-state index contributed by atoms with van der Waals surface area (Å²) >= 11 is 6.29. The highest BCUT2D eigenvalue weighted by Gasteiger charge is 2.39. The van der Waals surface area contributed by atoms with Gasteiger partial charge in [0.25, 0.3) is 5.91 Å². The number of carbonyl (C=O) groups is 1. The Morgan fingerprint density at radius 3 is 2.82 bits per heavy atom. The van der Waals surface area contributed by atoms with Crippen LogP contribution in [0, 0.1) is 13.8 Å². The minimum Gasteiger partial charge on any atom is -0.482 e. The van der Waals surface area contributed by atoms with E-state index in [0.717, 1.165) is 17.0 Å². The van der Waals surface area contributed by atoms with Gasteiger partial charge in [-0.25, -0.2) is 8.42 Å². The Bertz CT molecular complexity index is 1030. The number of H-pyrrole nitrogens is 1. The van der Waals surface area contributed by atoms with Crippen molar-refractivity contribution >= 4 is 33.2 Å². The third-order valence-corrected chi connectivity index (χ3v) is 7.22. The molecule has 0 saturated carbocycles. The van der Waals surface area contributed by atoms with E-state index in [9.17, 15) is 13.2 Å². The van der Waals surface area contributed by atoms with Crippen LogP contribution in [0.4, 0.5) is 5.69 Å².